The lowest BCUT2D eigenvalue weighted by Gasteiger charge is -2.24. The highest BCUT2D eigenvalue weighted by molar-refractivity contribution is 6.51. The molecule has 0 spiro atoms. The van der Waals surface area contributed by atoms with Gasteiger partial charge in [0.25, 0.3) is 11.7 Å². The number of anilines is 1. The first kappa shape index (κ1) is 21.0. The topological polar surface area (TPSA) is 109 Å². The molecule has 1 aliphatic rings. The van der Waals surface area contributed by atoms with E-state index in [1.807, 2.05) is 0 Å². The summed E-state index contributed by atoms with van der Waals surface area (Å²) in [5.74, 6) is -1.51. The van der Waals surface area contributed by atoms with Gasteiger partial charge in [0.2, 0.25) is 0 Å². The Bertz CT molecular complexity index is 1230. The summed E-state index contributed by atoms with van der Waals surface area (Å²) in [6.45, 7) is 1.79. The van der Waals surface area contributed by atoms with Crippen LogP contribution in [0.1, 0.15) is 22.9 Å². The number of ether oxygens (including phenoxy) is 2. The average molecular weight is 435 g/mol. The number of carbonyl (C=O) groups is 2. The van der Waals surface area contributed by atoms with Crippen LogP contribution < -0.4 is 14.4 Å². The first-order chi connectivity index (χ1) is 15.4. The molecular weight excluding hydrogens is 414 g/mol. The van der Waals surface area contributed by atoms with E-state index in [0.717, 1.165) is 10.5 Å². The van der Waals surface area contributed by atoms with Crippen LogP contribution in [0, 0.1) is 6.92 Å². The van der Waals surface area contributed by atoms with Gasteiger partial charge in [0.15, 0.2) is 0 Å². The number of ketones is 1. The molecule has 8 heteroatoms. The van der Waals surface area contributed by atoms with Crippen molar-refractivity contribution in [2.24, 2.45) is 0 Å². The molecule has 0 radical (unpaired) electrons. The highest BCUT2D eigenvalue weighted by Crippen LogP contribution is 2.46. The van der Waals surface area contributed by atoms with Crippen LogP contribution in [-0.2, 0) is 9.59 Å². The van der Waals surface area contributed by atoms with E-state index in [1.165, 1.54) is 32.6 Å². The van der Waals surface area contributed by atoms with Crippen LogP contribution >= 0.6 is 0 Å². The molecular formula is C24H21NO7. The Morgan fingerprint density at radius 1 is 1.06 bits per heavy atom. The van der Waals surface area contributed by atoms with Gasteiger partial charge >= 0.3 is 0 Å². The predicted octanol–water partition coefficient (Wildman–Crippen LogP) is 3.94. The predicted molar refractivity (Wildman–Crippen MR) is 116 cm³/mol. The van der Waals surface area contributed by atoms with Crippen molar-refractivity contribution in [3.63, 3.8) is 0 Å². The molecule has 1 aromatic heterocycles. The number of methoxy groups -OCH3 is 2. The van der Waals surface area contributed by atoms with Crippen molar-refractivity contribution in [2.75, 3.05) is 19.1 Å². The third-order valence-electron chi connectivity index (χ3n) is 5.31. The van der Waals surface area contributed by atoms with Crippen LogP contribution in [-0.4, -0.2) is 36.1 Å². The van der Waals surface area contributed by atoms with Crippen molar-refractivity contribution in [3.05, 3.63) is 77.3 Å². The Morgan fingerprint density at radius 2 is 1.84 bits per heavy atom. The number of aliphatic hydroxyl groups excluding tert-OH is 1. The maximum absolute atomic E-state index is 13.2. The smallest absolute Gasteiger partial charge is 0.300 e. The van der Waals surface area contributed by atoms with Crippen molar-refractivity contribution >= 4 is 23.1 Å². The minimum Gasteiger partial charge on any atom is -0.507 e. The molecule has 0 bridgehead atoms. The third kappa shape index (κ3) is 3.35. The summed E-state index contributed by atoms with van der Waals surface area (Å²) in [7, 11) is 2.89. The van der Waals surface area contributed by atoms with Crippen molar-refractivity contribution in [3.8, 4) is 17.2 Å². The largest absolute Gasteiger partial charge is 0.507 e. The molecule has 0 aliphatic carbocycles. The van der Waals surface area contributed by atoms with E-state index in [2.05, 4.69) is 0 Å². The molecule has 3 aromatic rings. The Hall–Kier alpha value is -4.20. The number of aromatic hydroxyl groups is 1. The van der Waals surface area contributed by atoms with Gasteiger partial charge in [-0.3, -0.25) is 14.5 Å². The molecule has 1 saturated heterocycles. The van der Waals surface area contributed by atoms with Crippen LogP contribution in [0.2, 0.25) is 0 Å². The molecule has 1 amide bonds. The SMILES string of the molecule is COc1ccc(OC)c(/C(O)=C2/C(=O)C(=O)N(c3cc(C)ccc3O)C2c2ccco2)c1. The molecule has 2 heterocycles. The molecule has 8 nitrogen and oxygen atoms in total. The number of Topliss-reactive ketones (excluding diaryl/α,β-unsaturated/α-hetero) is 1. The number of phenolic OH excluding ortho intramolecular Hbond substituents is 1. The number of amides is 1. The normalized spacial score (nSPS) is 17.6. The van der Waals surface area contributed by atoms with Gasteiger partial charge in [0.05, 0.1) is 37.3 Å². The van der Waals surface area contributed by atoms with Gasteiger partial charge in [-0.1, -0.05) is 6.07 Å². The van der Waals surface area contributed by atoms with E-state index in [0.29, 0.717) is 5.75 Å². The Balaban J connectivity index is 1.99. The molecule has 32 heavy (non-hydrogen) atoms. The van der Waals surface area contributed by atoms with Gasteiger partial charge in [-0.25, -0.2) is 0 Å². The van der Waals surface area contributed by atoms with Crippen LogP contribution in [0.15, 0.2) is 64.8 Å². The van der Waals surface area contributed by atoms with Crippen molar-refractivity contribution in [2.45, 2.75) is 13.0 Å². The number of aliphatic hydroxyl groups is 1. The second kappa shape index (κ2) is 8.14. The quantitative estimate of drug-likeness (QED) is 0.355. The summed E-state index contributed by atoms with van der Waals surface area (Å²) < 4.78 is 16.1. The minimum absolute atomic E-state index is 0.130. The first-order valence-electron chi connectivity index (χ1n) is 9.73. The molecule has 0 saturated carbocycles. The molecule has 2 aromatic carbocycles. The number of furan rings is 1. The fourth-order valence-electron chi connectivity index (χ4n) is 3.77. The Kier molecular flexibility index (Phi) is 5.36. The fourth-order valence-corrected chi connectivity index (χ4v) is 3.77. The van der Waals surface area contributed by atoms with Gasteiger partial charge in [0, 0.05) is 0 Å². The van der Waals surface area contributed by atoms with Gasteiger partial charge in [-0.2, -0.15) is 0 Å². The number of rotatable bonds is 5. The first-order valence-corrected chi connectivity index (χ1v) is 9.73. The molecule has 1 fully saturated rings. The van der Waals surface area contributed by atoms with E-state index in [9.17, 15) is 19.8 Å². The molecule has 2 N–H and O–H groups in total. The number of nitrogens with zero attached hydrogens (tertiary/aromatic N) is 1. The molecule has 1 aliphatic heterocycles. The van der Waals surface area contributed by atoms with E-state index >= 15 is 0 Å². The van der Waals surface area contributed by atoms with Gasteiger partial charge < -0.3 is 24.1 Å². The van der Waals surface area contributed by atoms with Crippen molar-refractivity contribution in [1.29, 1.82) is 0 Å². The highest BCUT2D eigenvalue weighted by atomic mass is 16.5. The zero-order chi connectivity index (χ0) is 23.0. The fraction of sp³-hybridized carbons (Fsp3) is 0.167. The van der Waals surface area contributed by atoms with Crippen molar-refractivity contribution in [1.82, 2.24) is 0 Å². The summed E-state index contributed by atoms with van der Waals surface area (Å²) in [6, 6.07) is 11.5. The van der Waals surface area contributed by atoms with E-state index in [1.54, 1.807) is 43.3 Å². The van der Waals surface area contributed by atoms with Crippen molar-refractivity contribution < 1.29 is 33.7 Å². The number of hydrogen-bond donors (Lipinski definition) is 2. The minimum atomic E-state index is -1.10. The summed E-state index contributed by atoms with van der Waals surface area (Å²) in [4.78, 5) is 27.4. The summed E-state index contributed by atoms with van der Waals surface area (Å²) in [6.07, 6.45) is 1.40. The summed E-state index contributed by atoms with van der Waals surface area (Å²) >= 11 is 0. The Morgan fingerprint density at radius 3 is 2.50 bits per heavy atom. The monoisotopic (exact) mass is 435 g/mol. The lowest BCUT2D eigenvalue weighted by Crippen LogP contribution is -2.29. The van der Waals surface area contributed by atoms with Gasteiger partial charge in [0.1, 0.15) is 34.8 Å². The second-order valence-corrected chi connectivity index (χ2v) is 7.24. The lowest BCUT2D eigenvalue weighted by molar-refractivity contribution is -0.132. The highest BCUT2D eigenvalue weighted by Gasteiger charge is 2.49. The number of hydrogen-bond acceptors (Lipinski definition) is 7. The van der Waals surface area contributed by atoms with E-state index in [4.69, 9.17) is 13.9 Å². The summed E-state index contributed by atoms with van der Waals surface area (Å²) in [5.41, 5.74) is 0.879. The van der Waals surface area contributed by atoms with Gasteiger partial charge in [-0.15, -0.1) is 0 Å². The molecule has 4 rings (SSSR count). The third-order valence-corrected chi connectivity index (χ3v) is 5.31. The van der Waals surface area contributed by atoms with Crippen LogP contribution in [0.4, 0.5) is 5.69 Å². The average Bonchev–Trinajstić information content (AvgIpc) is 3.41. The van der Waals surface area contributed by atoms with Crippen LogP contribution in [0.5, 0.6) is 17.2 Å². The number of phenols is 1. The number of benzene rings is 2. The maximum Gasteiger partial charge on any atom is 0.300 e. The Labute approximate surface area is 183 Å². The lowest BCUT2D eigenvalue weighted by atomic mass is 9.98. The van der Waals surface area contributed by atoms with Gasteiger partial charge in [-0.05, 0) is 55.0 Å². The molecule has 164 valence electrons. The molecule has 1 atom stereocenters. The zero-order valence-electron chi connectivity index (χ0n) is 17.7. The van der Waals surface area contributed by atoms with E-state index in [-0.39, 0.29) is 34.1 Å². The van der Waals surface area contributed by atoms with E-state index < -0.39 is 23.5 Å². The van der Waals surface area contributed by atoms with Crippen LogP contribution in [0.25, 0.3) is 5.76 Å². The maximum atomic E-state index is 13.2. The number of aryl methyl sites for hydroxylation is 1. The molecule has 1 unspecified atom stereocenters. The second-order valence-electron chi connectivity index (χ2n) is 7.24. The summed E-state index contributed by atoms with van der Waals surface area (Å²) in [5, 5.41) is 21.7. The van der Waals surface area contributed by atoms with Crippen LogP contribution in [0.3, 0.4) is 0 Å². The zero-order valence-corrected chi connectivity index (χ0v) is 17.7. The number of carbonyl (C=O) groups excluding carboxylic acids is 2. The standard InChI is InChI=1S/C24H21NO7/c1-13-6-8-17(26)16(11-13)25-21(19-5-4-10-32-19)20(23(28)24(25)29)22(27)15-12-14(30-2)7-9-18(15)31-3/h4-12,21,26-27H,1-3H3/b22-20-.